The summed E-state index contributed by atoms with van der Waals surface area (Å²) in [4.78, 5) is 10.4. The third-order valence-corrected chi connectivity index (χ3v) is 2.25. The summed E-state index contributed by atoms with van der Waals surface area (Å²) in [6.07, 6.45) is -5.60. The van der Waals surface area contributed by atoms with Crippen LogP contribution < -0.4 is 5.32 Å². The van der Waals surface area contributed by atoms with Crippen molar-refractivity contribution in [2.45, 2.75) is 25.6 Å². The molecule has 0 radical (unpaired) electrons. The fourth-order valence-electron chi connectivity index (χ4n) is 1.35. The highest BCUT2D eigenvalue weighted by Crippen LogP contribution is 2.27. The molecule has 2 N–H and O–H groups in total. The molecule has 0 aliphatic rings. The van der Waals surface area contributed by atoms with E-state index in [0.717, 1.165) is 0 Å². The molecule has 0 saturated heterocycles. The second-order valence-electron chi connectivity index (χ2n) is 3.65. The minimum Gasteiger partial charge on any atom is -0.481 e. The molecular formula is C11H12F3NO2. The van der Waals surface area contributed by atoms with Crippen molar-refractivity contribution < 1.29 is 23.1 Å². The average molecular weight is 247 g/mol. The van der Waals surface area contributed by atoms with Gasteiger partial charge < -0.3 is 10.4 Å². The number of alkyl halides is 3. The second kappa shape index (κ2) is 5.07. The van der Waals surface area contributed by atoms with E-state index in [-0.39, 0.29) is 5.69 Å². The van der Waals surface area contributed by atoms with Gasteiger partial charge in [0.1, 0.15) is 6.04 Å². The SMILES string of the molecule is Cc1ccccc1NC(CC(=O)O)C(F)(F)F. The van der Waals surface area contributed by atoms with Crippen LogP contribution in [-0.4, -0.2) is 23.3 Å². The number of carboxylic acids is 1. The average Bonchev–Trinajstić information content (AvgIpc) is 2.18. The number of carboxylic acid groups (broad SMARTS) is 1. The van der Waals surface area contributed by atoms with E-state index in [1.54, 1.807) is 25.1 Å². The van der Waals surface area contributed by atoms with Crippen molar-refractivity contribution >= 4 is 11.7 Å². The lowest BCUT2D eigenvalue weighted by Crippen LogP contribution is -2.38. The zero-order valence-corrected chi connectivity index (χ0v) is 9.08. The number of aliphatic carboxylic acids is 1. The summed E-state index contributed by atoms with van der Waals surface area (Å²) in [5.41, 5.74) is 0.920. The molecule has 0 heterocycles. The van der Waals surface area contributed by atoms with Crippen LogP contribution in [0.2, 0.25) is 0 Å². The molecule has 1 atom stereocenters. The van der Waals surface area contributed by atoms with Gasteiger partial charge >= 0.3 is 12.1 Å². The summed E-state index contributed by atoms with van der Waals surface area (Å²) in [5.74, 6) is -1.49. The van der Waals surface area contributed by atoms with Gasteiger partial charge in [0.05, 0.1) is 6.42 Å². The maximum Gasteiger partial charge on any atom is 0.409 e. The molecule has 0 amide bonds. The molecule has 0 fully saturated rings. The largest absolute Gasteiger partial charge is 0.481 e. The smallest absolute Gasteiger partial charge is 0.409 e. The molecule has 6 heteroatoms. The molecule has 1 rings (SSSR count). The fourth-order valence-corrected chi connectivity index (χ4v) is 1.35. The van der Waals surface area contributed by atoms with E-state index in [4.69, 9.17) is 5.11 Å². The van der Waals surface area contributed by atoms with Gasteiger partial charge in [0.2, 0.25) is 0 Å². The van der Waals surface area contributed by atoms with Gasteiger partial charge in [-0.05, 0) is 18.6 Å². The number of carbonyl (C=O) groups is 1. The summed E-state index contributed by atoms with van der Waals surface area (Å²) in [7, 11) is 0. The Morgan fingerprint density at radius 1 is 1.41 bits per heavy atom. The van der Waals surface area contributed by atoms with Gasteiger partial charge in [-0.2, -0.15) is 13.2 Å². The summed E-state index contributed by atoms with van der Waals surface area (Å²) < 4.78 is 37.7. The molecule has 0 aliphatic carbocycles. The van der Waals surface area contributed by atoms with Crippen molar-refractivity contribution in [2.75, 3.05) is 5.32 Å². The first kappa shape index (κ1) is 13.3. The topological polar surface area (TPSA) is 49.3 Å². The van der Waals surface area contributed by atoms with Crippen LogP contribution in [0.3, 0.4) is 0 Å². The van der Waals surface area contributed by atoms with Crippen molar-refractivity contribution in [1.82, 2.24) is 0 Å². The molecular weight excluding hydrogens is 235 g/mol. The second-order valence-corrected chi connectivity index (χ2v) is 3.65. The summed E-state index contributed by atoms with van der Waals surface area (Å²) in [5, 5.41) is 10.7. The predicted molar refractivity (Wildman–Crippen MR) is 56.9 cm³/mol. The lowest BCUT2D eigenvalue weighted by molar-refractivity contribution is -0.157. The van der Waals surface area contributed by atoms with Crippen LogP contribution in [0.4, 0.5) is 18.9 Å². The lowest BCUT2D eigenvalue weighted by atomic mass is 10.1. The van der Waals surface area contributed by atoms with Crippen LogP contribution in [0.25, 0.3) is 0 Å². The molecule has 0 bridgehead atoms. The molecule has 94 valence electrons. The van der Waals surface area contributed by atoms with Crippen molar-refractivity contribution in [3.05, 3.63) is 29.8 Å². The van der Waals surface area contributed by atoms with E-state index >= 15 is 0 Å². The van der Waals surface area contributed by atoms with E-state index in [1.165, 1.54) is 6.07 Å². The van der Waals surface area contributed by atoms with Crippen LogP contribution in [0.15, 0.2) is 24.3 Å². The zero-order chi connectivity index (χ0) is 13.1. The number of rotatable bonds is 4. The van der Waals surface area contributed by atoms with Crippen LogP contribution in [0, 0.1) is 6.92 Å². The molecule has 1 aromatic carbocycles. The van der Waals surface area contributed by atoms with Crippen molar-refractivity contribution in [1.29, 1.82) is 0 Å². The van der Waals surface area contributed by atoms with Gasteiger partial charge in [-0.15, -0.1) is 0 Å². The minimum absolute atomic E-state index is 0.288. The summed E-state index contributed by atoms with van der Waals surface area (Å²) in [6.45, 7) is 1.65. The zero-order valence-electron chi connectivity index (χ0n) is 9.08. The normalized spacial score (nSPS) is 13.2. The fraction of sp³-hybridized carbons (Fsp3) is 0.364. The number of hydrogen-bond acceptors (Lipinski definition) is 2. The van der Waals surface area contributed by atoms with Crippen LogP contribution in [0.1, 0.15) is 12.0 Å². The Labute approximate surface area is 96.3 Å². The molecule has 1 unspecified atom stereocenters. The van der Waals surface area contributed by atoms with Crippen molar-refractivity contribution in [3.8, 4) is 0 Å². The molecule has 0 aliphatic heterocycles. The van der Waals surface area contributed by atoms with E-state index in [0.29, 0.717) is 5.56 Å². The van der Waals surface area contributed by atoms with E-state index in [9.17, 15) is 18.0 Å². The standard InChI is InChI=1S/C11H12F3NO2/c1-7-4-2-3-5-8(7)15-9(6-10(16)17)11(12,13)14/h2-5,9,15H,6H2,1H3,(H,16,17). The van der Waals surface area contributed by atoms with Gasteiger partial charge in [0.15, 0.2) is 0 Å². The van der Waals surface area contributed by atoms with E-state index in [1.807, 2.05) is 0 Å². The number of anilines is 1. The molecule has 0 aromatic heterocycles. The highest BCUT2D eigenvalue weighted by Gasteiger charge is 2.41. The third-order valence-electron chi connectivity index (χ3n) is 2.25. The number of aryl methyl sites for hydroxylation is 1. The minimum atomic E-state index is -4.60. The molecule has 17 heavy (non-hydrogen) atoms. The van der Waals surface area contributed by atoms with Crippen LogP contribution in [-0.2, 0) is 4.79 Å². The van der Waals surface area contributed by atoms with E-state index < -0.39 is 24.6 Å². The number of benzene rings is 1. The number of nitrogens with one attached hydrogen (secondary N) is 1. The first-order valence-electron chi connectivity index (χ1n) is 4.91. The molecule has 0 spiro atoms. The molecule has 1 aromatic rings. The Morgan fingerprint density at radius 3 is 2.47 bits per heavy atom. The quantitative estimate of drug-likeness (QED) is 0.860. The predicted octanol–water partition coefficient (Wildman–Crippen LogP) is 2.81. The van der Waals surface area contributed by atoms with Crippen molar-refractivity contribution in [2.24, 2.45) is 0 Å². The molecule has 0 saturated carbocycles. The third kappa shape index (κ3) is 3.97. The Morgan fingerprint density at radius 2 is 2.00 bits per heavy atom. The maximum atomic E-state index is 12.6. The first-order chi connectivity index (χ1) is 7.80. The Bertz CT molecular complexity index is 404. The van der Waals surface area contributed by atoms with Gasteiger partial charge in [-0.1, -0.05) is 18.2 Å². The van der Waals surface area contributed by atoms with Crippen molar-refractivity contribution in [3.63, 3.8) is 0 Å². The van der Waals surface area contributed by atoms with Gasteiger partial charge in [-0.25, -0.2) is 0 Å². The maximum absolute atomic E-state index is 12.6. The highest BCUT2D eigenvalue weighted by molar-refractivity contribution is 5.68. The van der Waals surface area contributed by atoms with E-state index in [2.05, 4.69) is 5.32 Å². The lowest BCUT2D eigenvalue weighted by Gasteiger charge is -2.22. The van der Waals surface area contributed by atoms with Crippen LogP contribution in [0.5, 0.6) is 0 Å². The van der Waals surface area contributed by atoms with Gasteiger partial charge in [-0.3, -0.25) is 4.79 Å². The number of halogens is 3. The Balaban J connectivity index is 2.87. The highest BCUT2D eigenvalue weighted by atomic mass is 19.4. The number of hydrogen-bond donors (Lipinski definition) is 2. The molecule has 3 nitrogen and oxygen atoms in total. The van der Waals surface area contributed by atoms with Gasteiger partial charge in [0, 0.05) is 5.69 Å². The number of para-hydroxylation sites is 1. The van der Waals surface area contributed by atoms with Crippen LogP contribution >= 0.6 is 0 Å². The summed E-state index contributed by atoms with van der Waals surface area (Å²) >= 11 is 0. The summed E-state index contributed by atoms with van der Waals surface area (Å²) in [6, 6.07) is 4.33. The first-order valence-corrected chi connectivity index (χ1v) is 4.91. The Hall–Kier alpha value is -1.72. The monoisotopic (exact) mass is 247 g/mol. The van der Waals surface area contributed by atoms with Gasteiger partial charge in [0.25, 0.3) is 0 Å². The Kier molecular flexibility index (Phi) is 3.98.